The predicted molar refractivity (Wildman–Crippen MR) is 36.5 cm³/mol. The van der Waals surface area contributed by atoms with Gasteiger partial charge in [0.05, 0.1) is 0 Å². The van der Waals surface area contributed by atoms with Gasteiger partial charge in [-0.25, -0.2) is 4.79 Å². The molecule has 1 aliphatic heterocycles. The quantitative estimate of drug-likeness (QED) is 0.330. The zero-order chi connectivity index (χ0) is 10.2. The maximum Gasteiger partial charge on any atom is 0.335 e. The van der Waals surface area contributed by atoms with Crippen LogP contribution in [0, 0.1) is 0 Å². The fourth-order valence-electron chi connectivity index (χ4n) is 1.07. The van der Waals surface area contributed by atoms with E-state index in [4.69, 9.17) is 25.5 Å². The number of aliphatic hydroxyl groups is 4. The van der Waals surface area contributed by atoms with Crippen LogP contribution in [0.3, 0.4) is 0 Å². The first-order chi connectivity index (χ1) is 5.95. The van der Waals surface area contributed by atoms with Gasteiger partial charge in [-0.2, -0.15) is 0 Å². The van der Waals surface area contributed by atoms with Gasteiger partial charge >= 0.3 is 5.97 Å². The molecule has 1 fully saturated rings. The second-order valence-electron chi connectivity index (χ2n) is 2.76. The molecular formula is C6H10O7V. The van der Waals surface area contributed by atoms with Crippen LogP contribution in [-0.4, -0.2) is 62.2 Å². The summed E-state index contributed by atoms with van der Waals surface area (Å²) in [4.78, 5) is 10.4. The summed E-state index contributed by atoms with van der Waals surface area (Å²) < 4.78 is 4.34. The Morgan fingerprint density at radius 1 is 1.00 bits per heavy atom. The molecule has 1 saturated heterocycles. The summed E-state index contributed by atoms with van der Waals surface area (Å²) in [5.41, 5.74) is 0. The molecule has 0 aromatic carbocycles. The number of ether oxygens (including phenoxy) is 1. The van der Waals surface area contributed by atoms with Crippen molar-refractivity contribution in [3.63, 3.8) is 0 Å². The van der Waals surface area contributed by atoms with Gasteiger partial charge in [0.25, 0.3) is 0 Å². The van der Waals surface area contributed by atoms with Gasteiger partial charge in [0, 0.05) is 18.6 Å². The molecule has 0 amide bonds. The van der Waals surface area contributed by atoms with Gasteiger partial charge in [0.1, 0.15) is 18.3 Å². The normalized spacial score (nSPS) is 42.7. The van der Waals surface area contributed by atoms with Crippen LogP contribution < -0.4 is 0 Å². The molecule has 5 atom stereocenters. The van der Waals surface area contributed by atoms with E-state index in [1.54, 1.807) is 0 Å². The van der Waals surface area contributed by atoms with Gasteiger partial charge in [0.2, 0.25) is 0 Å². The van der Waals surface area contributed by atoms with Gasteiger partial charge in [-0.15, -0.1) is 0 Å². The van der Waals surface area contributed by atoms with Gasteiger partial charge in [-0.3, -0.25) is 0 Å². The average molecular weight is 245 g/mol. The van der Waals surface area contributed by atoms with Crippen molar-refractivity contribution in [3.8, 4) is 0 Å². The summed E-state index contributed by atoms with van der Waals surface area (Å²) in [6, 6.07) is 0. The number of rotatable bonds is 1. The zero-order valence-electron chi connectivity index (χ0n) is 6.89. The van der Waals surface area contributed by atoms with Crippen LogP contribution >= 0.6 is 0 Å². The summed E-state index contributed by atoms with van der Waals surface area (Å²) in [5.74, 6) is -1.52. The largest absolute Gasteiger partial charge is 0.479 e. The molecule has 1 rings (SSSR count). The predicted octanol–water partition coefficient (Wildman–Crippen LogP) is -3.13. The Kier molecular flexibility index (Phi) is 5.03. The maximum absolute atomic E-state index is 10.4. The summed E-state index contributed by atoms with van der Waals surface area (Å²) in [6.07, 6.45) is -8.72. The van der Waals surface area contributed by atoms with Crippen LogP contribution in [0.25, 0.3) is 0 Å². The second kappa shape index (κ2) is 5.08. The van der Waals surface area contributed by atoms with Crippen LogP contribution in [0.5, 0.6) is 0 Å². The number of carboxylic acid groups (broad SMARTS) is 1. The minimum Gasteiger partial charge on any atom is -0.479 e. The third-order valence-corrected chi connectivity index (χ3v) is 1.83. The summed E-state index contributed by atoms with van der Waals surface area (Å²) in [7, 11) is 0. The first-order valence-corrected chi connectivity index (χ1v) is 3.55. The third-order valence-electron chi connectivity index (χ3n) is 1.83. The number of aliphatic hydroxyl groups excluding tert-OH is 4. The fourth-order valence-corrected chi connectivity index (χ4v) is 1.07. The van der Waals surface area contributed by atoms with Crippen molar-refractivity contribution in [1.29, 1.82) is 0 Å². The van der Waals surface area contributed by atoms with Crippen LogP contribution in [0.2, 0.25) is 0 Å². The van der Waals surface area contributed by atoms with E-state index in [2.05, 4.69) is 4.74 Å². The number of hydrogen-bond acceptors (Lipinski definition) is 6. The van der Waals surface area contributed by atoms with Crippen LogP contribution in [0.15, 0.2) is 0 Å². The van der Waals surface area contributed by atoms with Gasteiger partial charge in [-0.05, 0) is 0 Å². The number of hydrogen-bond donors (Lipinski definition) is 5. The Bertz CT molecular complexity index is 210. The van der Waals surface area contributed by atoms with Crippen molar-refractivity contribution >= 4 is 5.97 Å². The van der Waals surface area contributed by atoms with E-state index in [0.29, 0.717) is 0 Å². The Balaban J connectivity index is 0.00000169. The van der Waals surface area contributed by atoms with Gasteiger partial charge in [-0.1, -0.05) is 0 Å². The second-order valence-corrected chi connectivity index (χ2v) is 2.76. The van der Waals surface area contributed by atoms with E-state index < -0.39 is 36.7 Å². The molecule has 1 aliphatic rings. The van der Waals surface area contributed by atoms with Crippen LogP contribution in [0.1, 0.15) is 0 Å². The van der Waals surface area contributed by atoms with Crippen LogP contribution in [0.4, 0.5) is 0 Å². The molecule has 0 aromatic heterocycles. The molecule has 0 spiro atoms. The molecule has 8 heteroatoms. The first-order valence-electron chi connectivity index (χ1n) is 3.55. The number of carboxylic acids is 1. The number of carbonyl (C=O) groups is 1. The Morgan fingerprint density at radius 3 is 1.93 bits per heavy atom. The minimum absolute atomic E-state index is 0. The van der Waals surface area contributed by atoms with E-state index in [1.165, 1.54) is 0 Å². The van der Waals surface area contributed by atoms with Crippen molar-refractivity contribution in [2.24, 2.45) is 0 Å². The van der Waals surface area contributed by atoms with E-state index in [-0.39, 0.29) is 18.6 Å². The monoisotopic (exact) mass is 245 g/mol. The maximum atomic E-state index is 10.4. The molecule has 0 bridgehead atoms. The Morgan fingerprint density at radius 2 is 1.50 bits per heavy atom. The fraction of sp³-hybridized carbons (Fsp3) is 0.833. The molecule has 1 radical (unpaired) electrons. The molecule has 5 N–H and O–H groups in total. The van der Waals surface area contributed by atoms with E-state index in [1.807, 2.05) is 0 Å². The Hall–Kier alpha value is -0.146. The van der Waals surface area contributed by atoms with E-state index in [9.17, 15) is 4.79 Å². The van der Waals surface area contributed by atoms with Crippen LogP contribution in [-0.2, 0) is 28.1 Å². The van der Waals surface area contributed by atoms with Gasteiger partial charge in [0.15, 0.2) is 12.4 Å². The molecule has 5 unspecified atom stereocenters. The van der Waals surface area contributed by atoms with Crippen molar-refractivity contribution in [3.05, 3.63) is 0 Å². The topological polar surface area (TPSA) is 127 Å². The average Bonchev–Trinajstić information content (AvgIpc) is 2.07. The van der Waals surface area contributed by atoms with Gasteiger partial charge < -0.3 is 30.3 Å². The van der Waals surface area contributed by atoms with Crippen molar-refractivity contribution in [1.82, 2.24) is 0 Å². The smallest absolute Gasteiger partial charge is 0.335 e. The molecule has 0 aromatic rings. The molecule has 7 nitrogen and oxygen atoms in total. The number of aliphatic carboxylic acids is 1. The molecular weight excluding hydrogens is 235 g/mol. The summed E-state index contributed by atoms with van der Waals surface area (Å²) >= 11 is 0. The van der Waals surface area contributed by atoms with E-state index in [0.717, 1.165) is 0 Å². The molecule has 81 valence electrons. The first kappa shape index (κ1) is 13.9. The summed E-state index contributed by atoms with van der Waals surface area (Å²) in [6.45, 7) is 0. The molecule has 1 heterocycles. The minimum atomic E-state index is -1.81. The SMILES string of the molecule is O=C(O)C1OC(O)C(O)C(O)C1O.[V]. The molecule has 14 heavy (non-hydrogen) atoms. The van der Waals surface area contributed by atoms with Crippen molar-refractivity contribution < 1.29 is 53.6 Å². The molecule has 0 saturated carbocycles. The van der Waals surface area contributed by atoms with Crippen molar-refractivity contribution in [2.45, 2.75) is 30.7 Å². The van der Waals surface area contributed by atoms with Crippen molar-refractivity contribution in [2.75, 3.05) is 0 Å². The summed E-state index contributed by atoms with van der Waals surface area (Å²) in [5, 5.41) is 44.4. The Labute approximate surface area is 90.8 Å². The third kappa shape index (κ3) is 2.45. The molecule has 0 aliphatic carbocycles. The standard InChI is InChI=1S/C6H10O7.V/c7-1-2(8)4(5(10)11)13-6(12)3(1)9;/h1-4,6-9,12H,(H,10,11);. The van der Waals surface area contributed by atoms with E-state index >= 15 is 0 Å². The zero-order valence-corrected chi connectivity index (χ0v) is 8.28.